The highest BCUT2D eigenvalue weighted by atomic mass is 127. The molecule has 0 aromatic heterocycles. The van der Waals surface area contributed by atoms with E-state index in [0.29, 0.717) is 15.3 Å². The summed E-state index contributed by atoms with van der Waals surface area (Å²) in [6.07, 6.45) is 1.61. The highest BCUT2D eigenvalue weighted by Gasteiger charge is 2.10. The van der Waals surface area contributed by atoms with Crippen LogP contribution in [0, 0.1) is 3.57 Å². The summed E-state index contributed by atoms with van der Waals surface area (Å²) in [5.41, 5.74) is 3.51. The average Bonchev–Trinajstić information content (AvgIpc) is 2.37. The van der Waals surface area contributed by atoms with Crippen molar-refractivity contribution in [3.8, 4) is 5.75 Å². The molecule has 0 unspecified atom stereocenters. The summed E-state index contributed by atoms with van der Waals surface area (Å²) in [4.78, 5) is 10.5. The Kier molecular flexibility index (Phi) is 7.89. The third-order valence-electron chi connectivity index (χ3n) is 2.08. The first-order chi connectivity index (χ1) is 9.93. The molecule has 0 fully saturated rings. The summed E-state index contributed by atoms with van der Waals surface area (Å²) in [5, 5.41) is 16.0. The van der Waals surface area contributed by atoms with Crippen LogP contribution in [0.3, 0.4) is 0 Å². The fourth-order valence-corrected chi connectivity index (χ4v) is 3.26. The van der Waals surface area contributed by atoms with Crippen LogP contribution in [0.15, 0.2) is 21.7 Å². The fourth-order valence-electron chi connectivity index (χ4n) is 1.29. The molecular formula is C12H13BrIN3O3S. The van der Waals surface area contributed by atoms with Crippen molar-refractivity contribution < 1.29 is 14.6 Å². The van der Waals surface area contributed by atoms with Crippen LogP contribution in [-0.2, 0) is 4.79 Å². The number of nitrogens with one attached hydrogen (secondary N) is 2. The molecule has 0 saturated heterocycles. The zero-order valence-electron chi connectivity index (χ0n) is 11.0. The maximum Gasteiger partial charge on any atom is 0.341 e. The van der Waals surface area contributed by atoms with E-state index < -0.39 is 5.97 Å². The van der Waals surface area contributed by atoms with Gasteiger partial charge in [-0.25, -0.2) is 4.79 Å². The Morgan fingerprint density at radius 1 is 1.62 bits per heavy atom. The Balaban J connectivity index is 2.76. The van der Waals surface area contributed by atoms with E-state index in [-0.39, 0.29) is 6.61 Å². The molecule has 3 N–H and O–H groups in total. The van der Waals surface area contributed by atoms with Gasteiger partial charge in [0.15, 0.2) is 11.7 Å². The summed E-state index contributed by atoms with van der Waals surface area (Å²) < 4.78 is 6.65. The van der Waals surface area contributed by atoms with Crippen molar-refractivity contribution in [2.45, 2.75) is 6.92 Å². The largest absolute Gasteiger partial charge is 0.480 e. The van der Waals surface area contributed by atoms with Crippen molar-refractivity contribution in [2.75, 3.05) is 13.2 Å². The molecule has 0 aliphatic rings. The van der Waals surface area contributed by atoms with Crippen molar-refractivity contribution >= 4 is 68.0 Å². The van der Waals surface area contributed by atoms with Crippen molar-refractivity contribution in [3.63, 3.8) is 0 Å². The van der Waals surface area contributed by atoms with E-state index in [1.54, 1.807) is 12.3 Å². The molecule has 0 radical (unpaired) electrons. The Hall–Kier alpha value is -0.940. The maximum absolute atomic E-state index is 10.5. The van der Waals surface area contributed by atoms with Crippen molar-refractivity contribution in [1.29, 1.82) is 0 Å². The van der Waals surface area contributed by atoms with Gasteiger partial charge in [-0.3, -0.25) is 5.43 Å². The average molecular weight is 486 g/mol. The van der Waals surface area contributed by atoms with Crippen LogP contribution in [0.2, 0.25) is 0 Å². The van der Waals surface area contributed by atoms with Gasteiger partial charge < -0.3 is 15.2 Å². The zero-order chi connectivity index (χ0) is 15.8. The van der Waals surface area contributed by atoms with Gasteiger partial charge in [-0.1, -0.05) is 0 Å². The fraction of sp³-hybridized carbons (Fsp3) is 0.250. The van der Waals surface area contributed by atoms with E-state index in [1.807, 2.05) is 13.0 Å². The van der Waals surface area contributed by atoms with E-state index in [0.717, 1.165) is 15.7 Å². The Bertz CT molecular complexity index is 546. The molecule has 21 heavy (non-hydrogen) atoms. The lowest BCUT2D eigenvalue weighted by Gasteiger charge is -2.09. The number of hydrogen-bond acceptors (Lipinski definition) is 4. The lowest BCUT2D eigenvalue weighted by molar-refractivity contribution is -0.139. The lowest BCUT2D eigenvalue weighted by Crippen LogP contribution is -2.31. The van der Waals surface area contributed by atoms with Crippen LogP contribution in [0.4, 0.5) is 0 Å². The SMILES string of the molecule is CCNC(=S)N/N=C\c1cc(Br)c(OCC(=O)O)c(I)c1. The van der Waals surface area contributed by atoms with E-state index in [2.05, 4.69) is 54.4 Å². The standard InChI is InChI=1S/C12H13BrIN3O3S/c1-2-15-12(21)17-16-5-7-3-8(13)11(9(14)4-7)20-6-10(18)19/h3-5H,2,6H2,1H3,(H,18,19)(H2,15,17,21)/b16-5-. The van der Waals surface area contributed by atoms with Crippen molar-refractivity contribution in [2.24, 2.45) is 5.10 Å². The van der Waals surface area contributed by atoms with Gasteiger partial charge >= 0.3 is 5.97 Å². The van der Waals surface area contributed by atoms with Crippen LogP contribution >= 0.6 is 50.7 Å². The number of benzene rings is 1. The normalized spacial score (nSPS) is 10.4. The first-order valence-electron chi connectivity index (χ1n) is 5.84. The van der Waals surface area contributed by atoms with Gasteiger partial charge in [0.05, 0.1) is 14.3 Å². The number of nitrogens with zero attached hydrogens (tertiary/aromatic N) is 1. The number of ether oxygens (including phenoxy) is 1. The number of hydrazone groups is 1. The number of halogens is 2. The Morgan fingerprint density at radius 2 is 2.33 bits per heavy atom. The molecule has 1 aromatic carbocycles. The number of aliphatic carboxylic acids is 1. The summed E-state index contributed by atoms with van der Waals surface area (Å²) in [7, 11) is 0. The second-order valence-corrected chi connectivity index (χ2v) is 6.15. The van der Waals surface area contributed by atoms with E-state index >= 15 is 0 Å². The molecule has 0 aliphatic carbocycles. The first-order valence-corrected chi connectivity index (χ1v) is 8.12. The summed E-state index contributed by atoms with van der Waals surface area (Å²) in [6.45, 7) is 2.27. The summed E-state index contributed by atoms with van der Waals surface area (Å²) >= 11 is 10.4. The second-order valence-electron chi connectivity index (χ2n) is 3.73. The zero-order valence-corrected chi connectivity index (χ0v) is 15.6. The van der Waals surface area contributed by atoms with Gasteiger partial charge in [-0.2, -0.15) is 5.10 Å². The molecule has 0 spiro atoms. The van der Waals surface area contributed by atoms with Crippen LogP contribution in [-0.4, -0.2) is 35.6 Å². The maximum atomic E-state index is 10.5. The monoisotopic (exact) mass is 485 g/mol. The van der Waals surface area contributed by atoms with Gasteiger partial charge in [0.1, 0.15) is 5.75 Å². The lowest BCUT2D eigenvalue weighted by atomic mass is 10.2. The van der Waals surface area contributed by atoms with Crippen LogP contribution in [0.1, 0.15) is 12.5 Å². The predicted molar refractivity (Wildman–Crippen MR) is 97.0 cm³/mol. The highest BCUT2D eigenvalue weighted by Crippen LogP contribution is 2.31. The minimum atomic E-state index is -1.02. The molecule has 0 amide bonds. The molecule has 9 heteroatoms. The van der Waals surface area contributed by atoms with Crippen LogP contribution in [0.5, 0.6) is 5.75 Å². The van der Waals surface area contributed by atoms with Gasteiger partial charge in [0.2, 0.25) is 0 Å². The van der Waals surface area contributed by atoms with E-state index in [4.69, 9.17) is 22.1 Å². The van der Waals surface area contributed by atoms with Gasteiger partial charge in [0, 0.05) is 6.54 Å². The molecule has 0 aliphatic heterocycles. The van der Waals surface area contributed by atoms with Gasteiger partial charge in [-0.05, 0) is 75.4 Å². The topological polar surface area (TPSA) is 83.0 Å². The second kappa shape index (κ2) is 9.15. The smallest absolute Gasteiger partial charge is 0.341 e. The molecule has 0 atom stereocenters. The Labute approximate surface area is 149 Å². The molecule has 1 rings (SSSR count). The molecule has 1 aromatic rings. The number of hydrogen-bond donors (Lipinski definition) is 3. The minimum absolute atomic E-state index is 0.388. The Morgan fingerprint density at radius 3 is 2.90 bits per heavy atom. The predicted octanol–water partition coefficient (Wildman–Crippen LogP) is 2.33. The first kappa shape index (κ1) is 18.1. The highest BCUT2D eigenvalue weighted by molar-refractivity contribution is 14.1. The van der Waals surface area contributed by atoms with Gasteiger partial charge in [0.25, 0.3) is 0 Å². The summed E-state index contributed by atoms with van der Waals surface area (Å²) in [6, 6.07) is 3.60. The van der Waals surface area contributed by atoms with Crippen molar-refractivity contribution in [3.05, 3.63) is 25.7 Å². The number of carboxylic acids is 1. The van der Waals surface area contributed by atoms with Gasteiger partial charge in [-0.15, -0.1) is 0 Å². The molecule has 0 heterocycles. The number of rotatable bonds is 6. The molecule has 0 saturated carbocycles. The van der Waals surface area contributed by atoms with E-state index in [1.165, 1.54) is 0 Å². The third kappa shape index (κ3) is 6.57. The summed E-state index contributed by atoms with van der Waals surface area (Å²) in [5.74, 6) is -0.532. The quantitative estimate of drug-likeness (QED) is 0.248. The molecule has 0 bridgehead atoms. The van der Waals surface area contributed by atoms with Crippen LogP contribution in [0.25, 0.3) is 0 Å². The number of carboxylic acid groups (broad SMARTS) is 1. The molecular weight excluding hydrogens is 473 g/mol. The number of thiocarbonyl (C=S) groups is 1. The molecule has 6 nitrogen and oxygen atoms in total. The van der Waals surface area contributed by atoms with E-state index in [9.17, 15) is 4.79 Å². The number of carbonyl (C=O) groups is 1. The van der Waals surface area contributed by atoms with Crippen LogP contribution < -0.4 is 15.5 Å². The molecule has 114 valence electrons. The minimum Gasteiger partial charge on any atom is -0.480 e. The third-order valence-corrected chi connectivity index (χ3v) is 3.70. The van der Waals surface area contributed by atoms with Crippen molar-refractivity contribution in [1.82, 2.24) is 10.7 Å².